The molecule has 0 unspecified atom stereocenters. The fourth-order valence-electron chi connectivity index (χ4n) is 5.06. The summed E-state index contributed by atoms with van der Waals surface area (Å²) in [4.78, 5) is 27.1. The lowest BCUT2D eigenvalue weighted by Gasteiger charge is -2.37. The number of aromatic hydroxyl groups is 1. The summed E-state index contributed by atoms with van der Waals surface area (Å²) in [5, 5.41) is 13.7. The van der Waals surface area contributed by atoms with Gasteiger partial charge in [-0.05, 0) is 72.4 Å². The number of nitrogens with one attached hydrogen (secondary N) is 1. The average Bonchev–Trinajstić information content (AvgIpc) is 2.84. The van der Waals surface area contributed by atoms with Crippen molar-refractivity contribution in [2.24, 2.45) is 0 Å². The molecule has 0 fully saturated rings. The van der Waals surface area contributed by atoms with Gasteiger partial charge in [0.25, 0.3) is 0 Å². The normalized spacial score (nSPS) is 19.7. The Morgan fingerprint density at radius 3 is 2.47 bits per heavy atom. The number of esters is 1. The molecule has 2 aromatic carbocycles. The summed E-state index contributed by atoms with van der Waals surface area (Å²) < 4.78 is 16.9. The molecule has 2 aromatic rings. The molecular weight excluding hydrogens is 526 g/mol. The number of ether oxygens (including phenoxy) is 3. The predicted octanol–water partition coefficient (Wildman–Crippen LogP) is 5.49. The summed E-state index contributed by atoms with van der Waals surface area (Å²) in [6, 6.07) is 11.1. The van der Waals surface area contributed by atoms with Crippen LogP contribution in [0.1, 0.15) is 56.6 Å². The van der Waals surface area contributed by atoms with Crippen molar-refractivity contribution in [3.63, 3.8) is 0 Å². The van der Waals surface area contributed by atoms with Crippen LogP contribution in [-0.4, -0.2) is 37.2 Å². The third kappa shape index (κ3) is 4.74. The number of halogens is 1. The Hall–Kier alpha value is -3.26. The number of benzene rings is 2. The lowest BCUT2D eigenvalue weighted by molar-refractivity contribution is -0.143. The van der Waals surface area contributed by atoms with Crippen LogP contribution in [0.2, 0.25) is 0 Å². The van der Waals surface area contributed by atoms with E-state index in [1.54, 1.807) is 33.1 Å². The topological polar surface area (TPSA) is 94.1 Å². The van der Waals surface area contributed by atoms with Gasteiger partial charge in [0.05, 0.1) is 30.4 Å². The fourth-order valence-corrected chi connectivity index (χ4v) is 5.52. The molecule has 0 spiro atoms. The lowest BCUT2D eigenvalue weighted by Crippen LogP contribution is -2.36. The highest BCUT2D eigenvalue weighted by atomic mass is 79.9. The van der Waals surface area contributed by atoms with Crippen molar-refractivity contribution in [2.45, 2.75) is 51.6 Å². The molecule has 0 bridgehead atoms. The zero-order chi connectivity index (χ0) is 26.1. The van der Waals surface area contributed by atoms with Gasteiger partial charge in [0, 0.05) is 35.2 Å². The van der Waals surface area contributed by atoms with Gasteiger partial charge in [0.15, 0.2) is 17.3 Å². The van der Waals surface area contributed by atoms with E-state index in [0.29, 0.717) is 33.3 Å². The molecule has 1 aliphatic carbocycles. The SMILES string of the molecule is COc1ccccc1[C@@H]1CC(=O)C2=C(C1)NC(C)=C(C(=O)OC(C)C)[C@@H]2c1cc(Br)c(O)c(OC)c1. The molecule has 0 saturated carbocycles. The molecule has 0 radical (unpaired) electrons. The van der Waals surface area contributed by atoms with E-state index >= 15 is 0 Å². The average molecular weight is 556 g/mol. The number of phenolic OH excluding ortho intramolecular Hbond substituents is 1. The minimum atomic E-state index is -0.676. The Balaban J connectivity index is 1.86. The van der Waals surface area contributed by atoms with Crippen LogP contribution < -0.4 is 14.8 Å². The van der Waals surface area contributed by atoms with Crippen molar-refractivity contribution in [3.05, 3.63) is 74.5 Å². The molecule has 7 nitrogen and oxygen atoms in total. The van der Waals surface area contributed by atoms with Crippen molar-refractivity contribution in [3.8, 4) is 17.2 Å². The molecular formula is C28H30BrNO6. The van der Waals surface area contributed by atoms with Crippen molar-refractivity contribution < 1.29 is 28.9 Å². The number of methoxy groups -OCH3 is 2. The highest BCUT2D eigenvalue weighted by molar-refractivity contribution is 9.10. The van der Waals surface area contributed by atoms with Crippen LogP contribution in [0.3, 0.4) is 0 Å². The van der Waals surface area contributed by atoms with E-state index in [2.05, 4.69) is 21.2 Å². The Bertz CT molecular complexity index is 1280. The third-order valence-corrected chi connectivity index (χ3v) is 7.18. The first kappa shape index (κ1) is 25.8. The summed E-state index contributed by atoms with van der Waals surface area (Å²) in [5.41, 5.74) is 3.91. The molecule has 1 aliphatic heterocycles. The number of hydrogen-bond donors (Lipinski definition) is 2. The summed E-state index contributed by atoms with van der Waals surface area (Å²) in [6.07, 6.45) is 0.532. The van der Waals surface area contributed by atoms with Gasteiger partial charge in [-0.2, -0.15) is 0 Å². The van der Waals surface area contributed by atoms with Gasteiger partial charge in [-0.25, -0.2) is 4.79 Å². The van der Waals surface area contributed by atoms with Crippen LogP contribution in [0.15, 0.2) is 63.4 Å². The molecule has 2 atom stereocenters. The van der Waals surface area contributed by atoms with E-state index in [1.807, 2.05) is 31.2 Å². The Labute approximate surface area is 219 Å². The maximum atomic E-state index is 13.8. The summed E-state index contributed by atoms with van der Waals surface area (Å²) in [7, 11) is 3.08. The van der Waals surface area contributed by atoms with Crippen LogP contribution in [0, 0.1) is 0 Å². The highest BCUT2D eigenvalue weighted by Gasteiger charge is 2.42. The van der Waals surface area contributed by atoms with Crippen molar-refractivity contribution in [1.29, 1.82) is 0 Å². The summed E-state index contributed by atoms with van der Waals surface area (Å²) >= 11 is 3.38. The molecule has 0 amide bonds. The number of dihydropyridines is 1. The van der Waals surface area contributed by atoms with Gasteiger partial charge in [0.1, 0.15) is 5.75 Å². The van der Waals surface area contributed by atoms with E-state index in [1.165, 1.54) is 7.11 Å². The summed E-state index contributed by atoms with van der Waals surface area (Å²) in [6.45, 7) is 5.39. The number of allylic oxidation sites excluding steroid dienone is 3. The second-order valence-electron chi connectivity index (χ2n) is 9.27. The predicted molar refractivity (Wildman–Crippen MR) is 139 cm³/mol. The second kappa shape index (κ2) is 10.4. The van der Waals surface area contributed by atoms with E-state index in [4.69, 9.17) is 14.2 Å². The minimum Gasteiger partial charge on any atom is -0.503 e. The lowest BCUT2D eigenvalue weighted by atomic mass is 9.71. The van der Waals surface area contributed by atoms with Crippen LogP contribution in [0.25, 0.3) is 0 Å². The van der Waals surface area contributed by atoms with E-state index in [0.717, 1.165) is 17.0 Å². The maximum absolute atomic E-state index is 13.8. The minimum absolute atomic E-state index is 0.0531. The highest BCUT2D eigenvalue weighted by Crippen LogP contribution is 2.49. The van der Waals surface area contributed by atoms with Gasteiger partial charge < -0.3 is 24.6 Å². The van der Waals surface area contributed by atoms with Gasteiger partial charge in [-0.15, -0.1) is 0 Å². The molecule has 0 saturated heterocycles. The van der Waals surface area contributed by atoms with Crippen LogP contribution in [-0.2, 0) is 14.3 Å². The van der Waals surface area contributed by atoms with Crippen molar-refractivity contribution in [1.82, 2.24) is 5.32 Å². The Kier molecular flexibility index (Phi) is 7.45. The molecule has 0 aromatic heterocycles. The molecule has 2 aliphatic rings. The van der Waals surface area contributed by atoms with Gasteiger partial charge in [-0.3, -0.25) is 4.79 Å². The number of Topliss-reactive ketones (excluding diaryl/α,β-unsaturated/α-hetero) is 1. The van der Waals surface area contributed by atoms with Crippen molar-refractivity contribution >= 4 is 27.7 Å². The van der Waals surface area contributed by atoms with E-state index in [-0.39, 0.29) is 35.7 Å². The van der Waals surface area contributed by atoms with Crippen LogP contribution in [0.4, 0.5) is 0 Å². The van der Waals surface area contributed by atoms with Crippen LogP contribution in [0.5, 0.6) is 17.2 Å². The van der Waals surface area contributed by atoms with Crippen molar-refractivity contribution in [2.75, 3.05) is 14.2 Å². The zero-order valence-corrected chi connectivity index (χ0v) is 22.6. The number of rotatable bonds is 6. The van der Waals surface area contributed by atoms with E-state index < -0.39 is 11.9 Å². The quantitative estimate of drug-likeness (QED) is 0.455. The number of phenols is 1. The first-order chi connectivity index (χ1) is 17.2. The third-order valence-electron chi connectivity index (χ3n) is 6.57. The smallest absolute Gasteiger partial charge is 0.337 e. The maximum Gasteiger partial charge on any atom is 0.337 e. The number of carbonyl (C=O) groups excluding carboxylic acids is 2. The first-order valence-corrected chi connectivity index (χ1v) is 12.6. The molecule has 190 valence electrons. The Morgan fingerprint density at radius 2 is 1.81 bits per heavy atom. The van der Waals surface area contributed by atoms with Crippen LogP contribution >= 0.6 is 15.9 Å². The fraction of sp³-hybridized carbons (Fsp3) is 0.357. The van der Waals surface area contributed by atoms with Gasteiger partial charge >= 0.3 is 5.97 Å². The molecule has 8 heteroatoms. The van der Waals surface area contributed by atoms with E-state index in [9.17, 15) is 14.7 Å². The molecule has 36 heavy (non-hydrogen) atoms. The monoisotopic (exact) mass is 555 g/mol. The number of ketones is 1. The number of para-hydroxylation sites is 1. The summed E-state index contributed by atoms with van der Waals surface area (Å²) in [5.74, 6) is -0.369. The molecule has 4 rings (SSSR count). The largest absolute Gasteiger partial charge is 0.503 e. The Morgan fingerprint density at radius 1 is 1.11 bits per heavy atom. The molecule has 1 heterocycles. The second-order valence-corrected chi connectivity index (χ2v) is 10.1. The first-order valence-electron chi connectivity index (χ1n) is 11.8. The number of hydrogen-bond acceptors (Lipinski definition) is 7. The standard InChI is InChI=1S/C28H30BrNO6/c1-14(2)36-28(33)24-15(3)30-20-11-16(18-8-6-7-9-22(18)34-4)12-21(31)26(20)25(24)17-10-19(29)27(32)23(13-17)35-5/h6-10,13-14,16,25,30,32H,11-12H2,1-5H3/t16-,25-/m0/s1. The number of carbonyl (C=O) groups is 2. The zero-order valence-electron chi connectivity index (χ0n) is 21.0. The molecule has 2 N–H and O–H groups in total. The van der Waals surface area contributed by atoms with Gasteiger partial charge in [0.2, 0.25) is 0 Å². The van der Waals surface area contributed by atoms with Gasteiger partial charge in [-0.1, -0.05) is 18.2 Å².